The molecule has 0 aliphatic carbocycles. The zero-order chi connectivity index (χ0) is 18.1. The normalized spacial score (nSPS) is 26.8. The van der Waals surface area contributed by atoms with Crippen molar-refractivity contribution in [1.29, 1.82) is 0 Å². The number of carboxylic acids is 1. The molecule has 3 rings (SSSR count). The lowest BCUT2D eigenvalue weighted by atomic mass is 10.1. The SMILES string of the molecule is C[C@@H]1CN(C(=O)C2CC(=O)N(c3ccccc3Cl)C2)CC(C(=O)O)O1. The second kappa shape index (κ2) is 7.01. The number of rotatable bonds is 3. The van der Waals surface area contributed by atoms with Crippen LogP contribution >= 0.6 is 11.6 Å². The minimum atomic E-state index is -1.09. The molecule has 0 spiro atoms. The fourth-order valence-electron chi connectivity index (χ4n) is 3.30. The van der Waals surface area contributed by atoms with E-state index in [0.717, 1.165) is 0 Å². The van der Waals surface area contributed by atoms with Gasteiger partial charge in [0.25, 0.3) is 0 Å². The molecule has 1 aromatic carbocycles. The van der Waals surface area contributed by atoms with Crippen molar-refractivity contribution in [3.05, 3.63) is 29.3 Å². The van der Waals surface area contributed by atoms with E-state index in [0.29, 0.717) is 17.3 Å². The first-order valence-corrected chi connectivity index (χ1v) is 8.46. The maximum atomic E-state index is 12.8. The van der Waals surface area contributed by atoms with Gasteiger partial charge in [0, 0.05) is 19.5 Å². The van der Waals surface area contributed by atoms with Crippen LogP contribution in [0.15, 0.2) is 24.3 Å². The highest BCUT2D eigenvalue weighted by Gasteiger charge is 2.40. The lowest BCUT2D eigenvalue weighted by Crippen LogP contribution is -2.53. The maximum absolute atomic E-state index is 12.8. The highest BCUT2D eigenvalue weighted by atomic mass is 35.5. The van der Waals surface area contributed by atoms with E-state index < -0.39 is 18.0 Å². The van der Waals surface area contributed by atoms with Gasteiger partial charge in [0.1, 0.15) is 0 Å². The molecule has 2 aliphatic rings. The molecule has 2 fully saturated rings. The summed E-state index contributed by atoms with van der Waals surface area (Å²) in [4.78, 5) is 39.3. The van der Waals surface area contributed by atoms with Crippen LogP contribution in [-0.4, -0.2) is 59.6 Å². The first-order chi connectivity index (χ1) is 11.9. The van der Waals surface area contributed by atoms with Crippen LogP contribution in [0.25, 0.3) is 0 Å². The topological polar surface area (TPSA) is 87.2 Å². The lowest BCUT2D eigenvalue weighted by Gasteiger charge is -2.36. The number of aliphatic carboxylic acids is 1. The molecule has 2 aliphatic heterocycles. The number of anilines is 1. The number of nitrogens with zero attached hydrogens (tertiary/aromatic N) is 2. The summed E-state index contributed by atoms with van der Waals surface area (Å²) in [7, 11) is 0. The molecule has 2 amide bonds. The van der Waals surface area contributed by atoms with E-state index in [4.69, 9.17) is 21.4 Å². The van der Waals surface area contributed by atoms with E-state index >= 15 is 0 Å². The molecule has 0 aromatic heterocycles. The van der Waals surface area contributed by atoms with Crippen LogP contribution in [0.4, 0.5) is 5.69 Å². The van der Waals surface area contributed by atoms with Gasteiger partial charge in [-0.05, 0) is 19.1 Å². The summed E-state index contributed by atoms with van der Waals surface area (Å²) in [5, 5.41) is 9.60. The minimum Gasteiger partial charge on any atom is -0.479 e. The third-order valence-electron chi connectivity index (χ3n) is 4.46. The largest absolute Gasteiger partial charge is 0.479 e. The Kier molecular flexibility index (Phi) is 4.96. The molecule has 2 heterocycles. The van der Waals surface area contributed by atoms with E-state index in [1.807, 2.05) is 0 Å². The van der Waals surface area contributed by atoms with Crippen molar-refractivity contribution in [3.63, 3.8) is 0 Å². The summed E-state index contributed by atoms with van der Waals surface area (Å²) >= 11 is 6.15. The zero-order valence-electron chi connectivity index (χ0n) is 13.7. The second-order valence-electron chi connectivity index (χ2n) is 6.37. The molecule has 2 unspecified atom stereocenters. The van der Waals surface area contributed by atoms with Gasteiger partial charge in [0.05, 0.1) is 29.3 Å². The predicted octanol–water partition coefficient (Wildman–Crippen LogP) is 1.39. The minimum absolute atomic E-state index is 0.00467. The van der Waals surface area contributed by atoms with E-state index in [2.05, 4.69) is 0 Å². The molecule has 3 atom stereocenters. The quantitative estimate of drug-likeness (QED) is 0.873. The summed E-state index contributed by atoms with van der Waals surface area (Å²) < 4.78 is 5.33. The van der Waals surface area contributed by atoms with Crippen LogP contribution in [-0.2, 0) is 19.1 Å². The molecule has 0 radical (unpaired) electrons. The van der Waals surface area contributed by atoms with E-state index in [1.165, 1.54) is 9.80 Å². The van der Waals surface area contributed by atoms with Crippen LogP contribution in [0.5, 0.6) is 0 Å². The Labute approximate surface area is 150 Å². The molecule has 0 bridgehead atoms. The van der Waals surface area contributed by atoms with Crippen LogP contribution in [0, 0.1) is 5.92 Å². The number of hydrogen-bond acceptors (Lipinski definition) is 4. The van der Waals surface area contributed by atoms with Gasteiger partial charge < -0.3 is 19.6 Å². The number of morpholine rings is 1. The lowest BCUT2D eigenvalue weighted by molar-refractivity contribution is -0.167. The number of amides is 2. The molecule has 7 nitrogen and oxygen atoms in total. The zero-order valence-corrected chi connectivity index (χ0v) is 14.5. The fraction of sp³-hybridized carbons (Fsp3) is 0.471. The van der Waals surface area contributed by atoms with Gasteiger partial charge in [-0.1, -0.05) is 23.7 Å². The predicted molar refractivity (Wildman–Crippen MR) is 90.5 cm³/mol. The molecule has 134 valence electrons. The van der Waals surface area contributed by atoms with E-state index in [1.54, 1.807) is 31.2 Å². The monoisotopic (exact) mass is 366 g/mol. The van der Waals surface area contributed by atoms with Gasteiger partial charge in [-0.15, -0.1) is 0 Å². The van der Waals surface area contributed by atoms with Gasteiger partial charge in [-0.25, -0.2) is 4.79 Å². The van der Waals surface area contributed by atoms with Crippen molar-refractivity contribution >= 4 is 35.1 Å². The molecule has 8 heteroatoms. The number of carbonyl (C=O) groups excluding carboxylic acids is 2. The van der Waals surface area contributed by atoms with Crippen molar-refractivity contribution in [2.45, 2.75) is 25.6 Å². The number of benzene rings is 1. The average Bonchev–Trinajstić information content (AvgIpc) is 2.95. The Bertz CT molecular complexity index is 710. The molecule has 1 N–H and O–H groups in total. The number of hydrogen-bond donors (Lipinski definition) is 1. The van der Waals surface area contributed by atoms with Gasteiger partial charge in [0.2, 0.25) is 11.8 Å². The van der Waals surface area contributed by atoms with Gasteiger partial charge >= 0.3 is 5.97 Å². The summed E-state index contributed by atoms with van der Waals surface area (Å²) in [5.41, 5.74) is 0.586. The Hall–Kier alpha value is -2.12. The molecule has 1 aromatic rings. The number of para-hydroxylation sites is 1. The highest BCUT2D eigenvalue weighted by Crippen LogP contribution is 2.32. The van der Waals surface area contributed by atoms with Crippen LogP contribution in [0.2, 0.25) is 5.02 Å². The summed E-state index contributed by atoms with van der Waals surface area (Å²) in [6.45, 7) is 2.28. The summed E-state index contributed by atoms with van der Waals surface area (Å²) in [5.74, 6) is -1.99. The van der Waals surface area contributed by atoms with Crippen molar-refractivity contribution in [3.8, 4) is 0 Å². The third kappa shape index (κ3) is 3.62. The Morgan fingerprint density at radius 3 is 2.64 bits per heavy atom. The number of halogens is 1. The van der Waals surface area contributed by atoms with E-state index in [-0.39, 0.29) is 37.4 Å². The number of carbonyl (C=O) groups is 3. The molecule has 25 heavy (non-hydrogen) atoms. The van der Waals surface area contributed by atoms with Crippen LogP contribution < -0.4 is 4.90 Å². The Balaban J connectivity index is 1.72. The molecule has 2 saturated heterocycles. The number of ether oxygens (including phenoxy) is 1. The van der Waals surface area contributed by atoms with Crippen LogP contribution in [0.3, 0.4) is 0 Å². The fourth-order valence-corrected chi connectivity index (χ4v) is 3.54. The molecule has 0 saturated carbocycles. The van der Waals surface area contributed by atoms with Gasteiger partial charge in [0.15, 0.2) is 6.10 Å². The highest BCUT2D eigenvalue weighted by molar-refractivity contribution is 6.33. The van der Waals surface area contributed by atoms with Crippen LogP contribution in [0.1, 0.15) is 13.3 Å². The number of carboxylic acid groups (broad SMARTS) is 1. The molecular formula is C17H19ClN2O5. The standard InChI is InChI=1S/C17H19ClN2O5/c1-10-7-19(9-14(25-10)17(23)24)16(22)11-6-15(21)20(8-11)13-5-3-2-4-12(13)18/h2-5,10-11,14H,6-9H2,1H3,(H,23,24)/t10-,11?,14?/m1/s1. The second-order valence-corrected chi connectivity index (χ2v) is 6.78. The average molecular weight is 367 g/mol. The van der Waals surface area contributed by atoms with Gasteiger partial charge in [-0.3, -0.25) is 9.59 Å². The van der Waals surface area contributed by atoms with Gasteiger partial charge in [-0.2, -0.15) is 0 Å². The molecular weight excluding hydrogens is 348 g/mol. The smallest absolute Gasteiger partial charge is 0.334 e. The first-order valence-electron chi connectivity index (χ1n) is 8.08. The summed E-state index contributed by atoms with van der Waals surface area (Å²) in [6.07, 6.45) is -1.31. The van der Waals surface area contributed by atoms with E-state index in [9.17, 15) is 14.4 Å². The van der Waals surface area contributed by atoms with Crippen molar-refractivity contribution in [2.24, 2.45) is 5.92 Å². The Morgan fingerprint density at radius 2 is 1.96 bits per heavy atom. The maximum Gasteiger partial charge on any atom is 0.334 e. The van der Waals surface area contributed by atoms with Crippen molar-refractivity contribution in [2.75, 3.05) is 24.5 Å². The van der Waals surface area contributed by atoms with Crippen molar-refractivity contribution < 1.29 is 24.2 Å². The first kappa shape index (κ1) is 17.7. The Morgan fingerprint density at radius 1 is 1.24 bits per heavy atom. The van der Waals surface area contributed by atoms with Crippen molar-refractivity contribution in [1.82, 2.24) is 4.90 Å². The summed E-state index contributed by atoms with van der Waals surface area (Å²) in [6, 6.07) is 6.99. The third-order valence-corrected chi connectivity index (χ3v) is 4.78.